The van der Waals surface area contributed by atoms with Crippen LogP contribution in [-0.4, -0.2) is 56.1 Å². The molecule has 2 aromatic rings. The summed E-state index contributed by atoms with van der Waals surface area (Å²) in [7, 11) is 0. The maximum absolute atomic E-state index is 13.0. The van der Waals surface area contributed by atoms with Gasteiger partial charge in [-0.2, -0.15) is 0 Å². The van der Waals surface area contributed by atoms with Gasteiger partial charge in [-0.3, -0.25) is 9.69 Å². The van der Waals surface area contributed by atoms with Crippen molar-refractivity contribution in [2.24, 2.45) is 0 Å². The van der Waals surface area contributed by atoms with E-state index in [1.807, 2.05) is 0 Å². The molecule has 0 atom stereocenters. The van der Waals surface area contributed by atoms with E-state index in [1.54, 1.807) is 43.3 Å². The van der Waals surface area contributed by atoms with Crippen molar-refractivity contribution in [1.29, 1.82) is 0 Å². The Labute approximate surface area is 163 Å². The van der Waals surface area contributed by atoms with Crippen LogP contribution in [0.4, 0.5) is 15.8 Å². The smallest absolute Gasteiger partial charge is 0.338 e. The SMILES string of the molecule is CCOC(=O)c1cccc(NC(=O)CN2CCN(c3ccc(F)cc3)CC2)c1. The van der Waals surface area contributed by atoms with Gasteiger partial charge in [-0.25, -0.2) is 9.18 Å². The van der Waals surface area contributed by atoms with Crippen molar-refractivity contribution in [1.82, 2.24) is 4.90 Å². The second kappa shape index (κ2) is 9.32. The molecule has 1 heterocycles. The lowest BCUT2D eigenvalue weighted by atomic mass is 10.2. The summed E-state index contributed by atoms with van der Waals surface area (Å²) < 4.78 is 18.0. The van der Waals surface area contributed by atoms with Crippen molar-refractivity contribution in [2.45, 2.75) is 6.92 Å². The van der Waals surface area contributed by atoms with Gasteiger partial charge in [0.1, 0.15) is 5.82 Å². The van der Waals surface area contributed by atoms with E-state index in [9.17, 15) is 14.0 Å². The minimum atomic E-state index is -0.407. The number of nitrogens with zero attached hydrogens (tertiary/aromatic N) is 2. The molecule has 0 bridgehead atoms. The van der Waals surface area contributed by atoms with Crippen LogP contribution in [0.1, 0.15) is 17.3 Å². The van der Waals surface area contributed by atoms with E-state index < -0.39 is 5.97 Å². The highest BCUT2D eigenvalue weighted by atomic mass is 19.1. The van der Waals surface area contributed by atoms with E-state index in [-0.39, 0.29) is 18.3 Å². The molecule has 6 nitrogen and oxygen atoms in total. The Bertz CT molecular complexity index is 818. The van der Waals surface area contributed by atoms with E-state index in [2.05, 4.69) is 15.1 Å². The Morgan fingerprint density at radius 3 is 2.46 bits per heavy atom. The first kappa shape index (κ1) is 19.8. The van der Waals surface area contributed by atoms with Gasteiger partial charge in [0.15, 0.2) is 0 Å². The molecule has 148 valence electrons. The third kappa shape index (κ3) is 5.29. The molecule has 0 radical (unpaired) electrons. The third-order valence-corrected chi connectivity index (χ3v) is 4.59. The molecule has 28 heavy (non-hydrogen) atoms. The van der Waals surface area contributed by atoms with E-state index in [1.165, 1.54) is 12.1 Å². The van der Waals surface area contributed by atoms with E-state index in [4.69, 9.17) is 4.74 Å². The lowest BCUT2D eigenvalue weighted by molar-refractivity contribution is -0.117. The topological polar surface area (TPSA) is 61.9 Å². The predicted octanol–water partition coefficient (Wildman–Crippen LogP) is 2.76. The van der Waals surface area contributed by atoms with Crippen molar-refractivity contribution >= 4 is 23.3 Å². The minimum Gasteiger partial charge on any atom is -0.462 e. The van der Waals surface area contributed by atoms with Crippen molar-refractivity contribution in [2.75, 3.05) is 49.5 Å². The zero-order valence-electron chi connectivity index (χ0n) is 15.9. The zero-order chi connectivity index (χ0) is 19.9. The molecule has 1 N–H and O–H groups in total. The molecular formula is C21H24FN3O3. The average molecular weight is 385 g/mol. The highest BCUT2D eigenvalue weighted by molar-refractivity contribution is 5.95. The van der Waals surface area contributed by atoms with Gasteiger partial charge in [-0.15, -0.1) is 0 Å². The first-order valence-electron chi connectivity index (χ1n) is 9.35. The van der Waals surface area contributed by atoms with E-state index >= 15 is 0 Å². The number of esters is 1. The van der Waals surface area contributed by atoms with Gasteiger partial charge in [0, 0.05) is 37.6 Å². The van der Waals surface area contributed by atoms with Crippen LogP contribution in [-0.2, 0) is 9.53 Å². The minimum absolute atomic E-state index is 0.128. The maximum Gasteiger partial charge on any atom is 0.338 e. The van der Waals surface area contributed by atoms with Crippen molar-refractivity contribution in [3.8, 4) is 0 Å². The fraction of sp³-hybridized carbons (Fsp3) is 0.333. The monoisotopic (exact) mass is 385 g/mol. The summed E-state index contributed by atoms with van der Waals surface area (Å²) in [5, 5.41) is 2.83. The maximum atomic E-state index is 13.0. The normalized spacial score (nSPS) is 14.6. The van der Waals surface area contributed by atoms with Gasteiger partial charge < -0.3 is 15.0 Å². The summed E-state index contributed by atoms with van der Waals surface area (Å²) in [4.78, 5) is 28.4. The number of ether oxygens (including phenoxy) is 1. The molecule has 1 aliphatic rings. The fourth-order valence-electron chi connectivity index (χ4n) is 3.16. The standard InChI is InChI=1S/C21H24FN3O3/c1-2-28-21(27)16-4-3-5-18(14-16)23-20(26)15-24-10-12-25(13-11-24)19-8-6-17(22)7-9-19/h3-9,14H,2,10-13,15H2,1H3,(H,23,26). The van der Waals surface area contributed by atoms with Crippen LogP contribution in [0.5, 0.6) is 0 Å². The number of halogens is 1. The van der Waals surface area contributed by atoms with E-state index in [0.29, 0.717) is 17.9 Å². The molecule has 1 fully saturated rings. The van der Waals surface area contributed by atoms with Crippen molar-refractivity contribution < 1.29 is 18.7 Å². The van der Waals surface area contributed by atoms with Gasteiger partial charge in [0.25, 0.3) is 0 Å². The second-order valence-electron chi connectivity index (χ2n) is 6.59. The molecule has 7 heteroatoms. The van der Waals surface area contributed by atoms with Crippen LogP contribution < -0.4 is 10.2 Å². The highest BCUT2D eigenvalue weighted by Gasteiger charge is 2.19. The number of anilines is 2. The largest absolute Gasteiger partial charge is 0.462 e. The fourth-order valence-corrected chi connectivity index (χ4v) is 3.16. The molecule has 3 rings (SSSR count). The zero-order valence-corrected chi connectivity index (χ0v) is 15.9. The Hall–Kier alpha value is -2.93. The Kier molecular flexibility index (Phi) is 6.60. The number of hydrogen-bond acceptors (Lipinski definition) is 5. The molecular weight excluding hydrogens is 361 g/mol. The molecule has 1 aliphatic heterocycles. The van der Waals surface area contributed by atoms with Crippen molar-refractivity contribution in [3.63, 3.8) is 0 Å². The quantitative estimate of drug-likeness (QED) is 0.775. The van der Waals surface area contributed by atoms with Crippen molar-refractivity contribution in [3.05, 3.63) is 59.9 Å². The summed E-state index contributed by atoms with van der Waals surface area (Å²) in [6, 6.07) is 13.2. The number of carbonyl (C=O) groups excluding carboxylic acids is 2. The van der Waals surface area contributed by atoms with Crippen LogP contribution in [0.15, 0.2) is 48.5 Å². The molecule has 0 spiro atoms. The summed E-state index contributed by atoms with van der Waals surface area (Å²) in [5.74, 6) is -0.780. The van der Waals surface area contributed by atoms with E-state index in [0.717, 1.165) is 31.9 Å². The molecule has 2 aromatic carbocycles. The first-order chi connectivity index (χ1) is 13.5. The van der Waals surface area contributed by atoms with Gasteiger partial charge in [-0.05, 0) is 49.4 Å². The molecule has 0 aliphatic carbocycles. The Morgan fingerprint density at radius 2 is 1.79 bits per heavy atom. The van der Waals surface area contributed by atoms with Gasteiger partial charge in [0.2, 0.25) is 5.91 Å². The van der Waals surface area contributed by atoms with Gasteiger partial charge >= 0.3 is 5.97 Å². The summed E-state index contributed by atoms with van der Waals surface area (Å²) in [6.07, 6.45) is 0. The Balaban J connectivity index is 1.49. The first-order valence-corrected chi connectivity index (χ1v) is 9.35. The third-order valence-electron chi connectivity index (χ3n) is 4.59. The average Bonchev–Trinajstić information content (AvgIpc) is 2.69. The number of benzene rings is 2. The lowest BCUT2D eigenvalue weighted by Gasteiger charge is -2.35. The molecule has 0 saturated carbocycles. The lowest BCUT2D eigenvalue weighted by Crippen LogP contribution is -2.48. The summed E-state index contributed by atoms with van der Waals surface area (Å²) in [5.41, 5.74) is 1.97. The van der Waals surface area contributed by atoms with Gasteiger partial charge in [0.05, 0.1) is 18.7 Å². The molecule has 0 unspecified atom stereocenters. The number of rotatable bonds is 6. The predicted molar refractivity (Wildman–Crippen MR) is 106 cm³/mol. The van der Waals surface area contributed by atoms with Crippen LogP contribution in [0.2, 0.25) is 0 Å². The van der Waals surface area contributed by atoms with Crippen LogP contribution >= 0.6 is 0 Å². The molecule has 0 aromatic heterocycles. The van der Waals surface area contributed by atoms with Gasteiger partial charge in [-0.1, -0.05) is 6.07 Å². The van der Waals surface area contributed by atoms with Crippen LogP contribution in [0, 0.1) is 5.82 Å². The van der Waals surface area contributed by atoms with Crippen LogP contribution in [0.25, 0.3) is 0 Å². The summed E-state index contributed by atoms with van der Waals surface area (Å²) in [6.45, 7) is 5.37. The Morgan fingerprint density at radius 1 is 1.07 bits per heavy atom. The number of hydrogen-bond donors (Lipinski definition) is 1. The number of amides is 1. The summed E-state index contributed by atoms with van der Waals surface area (Å²) >= 11 is 0. The number of carbonyl (C=O) groups is 2. The number of nitrogens with one attached hydrogen (secondary N) is 1. The molecule has 1 amide bonds. The second-order valence-corrected chi connectivity index (χ2v) is 6.59. The number of piperazine rings is 1. The molecule has 1 saturated heterocycles. The van der Waals surface area contributed by atoms with Crippen LogP contribution in [0.3, 0.4) is 0 Å². The highest BCUT2D eigenvalue weighted by Crippen LogP contribution is 2.17.